The Morgan fingerprint density at radius 1 is 0.805 bits per heavy atom. The Morgan fingerprint density at radius 2 is 1.63 bits per heavy atom. The normalized spacial score (nSPS) is 15.0. The fourth-order valence-corrected chi connectivity index (χ4v) is 6.85. The van der Waals surface area contributed by atoms with Crippen LogP contribution in [0, 0.1) is 0 Å². The van der Waals surface area contributed by atoms with Crippen molar-refractivity contribution in [3.05, 3.63) is 124 Å². The lowest BCUT2D eigenvalue weighted by atomic mass is 9.83. The highest BCUT2D eigenvalue weighted by molar-refractivity contribution is 6.28. The zero-order valence-corrected chi connectivity index (χ0v) is 23.9. The fraction of sp³-hybridized carbons (Fsp3) is 0.135. The summed E-state index contributed by atoms with van der Waals surface area (Å²) in [6.07, 6.45) is 7.52. The zero-order chi connectivity index (χ0) is 27.9. The highest BCUT2D eigenvalue weighted by Crippen LogP contribution is 2.52. The smallest absolute Gasteiger partial charge is 0.223 e. The standard InChI is InChI=1S/C37H27ClN2O/c1-21-8-6-9-22-10-7-12-25(28(22)18-21)23-14-16-27-30(20-23)37(2,3)35-33(27)34(39-36(38)40-35)24-15-17-32-29(19-24)26-11-4-5-13-31(26)41-32/h4-17,19-20H,18H2,1-3H3. The number of aromatic nitrogens is 2. The summed E-state index contributed by atoms with van der Waals surface area (Å²) >= 11 is 6.62. The molecule has 0 N–H and O–H groups in total. The summed E-state index contributed by atoms with van der Waals surface area (Å²) in [5.41, 5.74) is 14.2. The van der Waals surface area contributed by atoms with Gasteiger partial charge in [0, 0.05) is 27.3 Å². The molecule has 3 nitrogen and oxygen atoms in total. The average Bonchev–Trinajstić information content (AvgIpc) is 3.36. The second kappa shape index (κ2) is 8.76. The molecule has 4 aromatic carbocycles. The molecular formula is C37H27ClN2O. The molecule has 41 heavy (non-hydrogen) atoms. The van der Waals surface area contributed by atoms with Gasteiger partial charge in [-0.1, -0.05) is 86.2 Å². The van der Waals surface area contributed by atoms with Gasteiger partial charge in [-0.15, -0.1) is 0 Å². The van der Waals surface area contributed by atoms with Crippen molar-refractivity contribution in [1.82, 2.24) is 9.97 Å². The van der Waals surface area contributed by atoms with Crippen molar-refractivity contribution < 1.29 is 4.42 Å². The molecule has 0 aliphatic heterocycles. The van der Waals surface area contributed by atoms with E-state index in [-0.39, 0.29) is 10.7 Å². The molecule has 0 saturated heterocycles. The van der Waals surface area contributed by atoms with Crippen molar-refractivity contribution in [3.8, 4) is 33.5 Å². The summed E-state index contributed by atoms with van der Waals surface area (Å²) in [6, 6.07) is 27.9. The van der Waals surface area contributed by atoms with Crippen molar-refractivity contribution in [3.63, 3.8) is 0 Å². The van der Waals surface area contributed by atoms with E-state index in [9.17, 15) is 0 Å². The van der Waals surface area contributed by atoms with Crippen LogP contribution in [-0.4, -0.2) is 9.97 Å². The Labute approximate surface area is 243 Å². The largest absolute Gasteiger partial charge is 0.456 e. The van der Waals surface area contributed by atoms with Gasteiger partial charge in [0.25, 0.3) is 0 Å². The monoisotopic (exact) mass is 550 g/mol. The summed E-state index contributed by atoms with van der Waals surface area (Å²) in [5, 5.41) is 2.42. The lowest BCUT2D eigenvalue weighted by Crippen LogP contribution is -2.17. The number of hydrogen-bond donors (Lipinski definition) is 0. The Kier molecular flexibility index (Phi) is 5.20. The molecule has 4 heteroatoms. The molecule has 8 rings (SSSR count). The third-order valence-corrected chi connectivity index (χ3v) is 8.89. The lowest BCUT2D eigenvalue weighted by Gasteiger charge is -2.21. The first kappa shape index (κ1) is 24.3. The Hall–Kier alpha value is -4.47. The number of allylic oxidation sites excluding steroid dienone is 3. The average molecular weight is 551 g/mol. The molecule has 0 amide bonds. The van der Waals surface area contributed by atoms with Crippen LogP contribution in [0.4, 0.5) is 0 Å². The van der Waals surface area contributed by atoms with Crippen LogP contribution in [-0.2, 0) is 11.8 Å². The van der Waals surface area contributed by atoms with Gasteiger partial charge in [0.15, 0.2) is 0 Å². The minimum Gasteiger partial charge on any atom is -0.456 e. The number of fused-ring (bicyclic) bond motifs is 7. The molecule has 2 aliphatic rings. The van der Waals surface area contributed by atoms with E-state index in [0.717, 1.165) is 56.4 Å². The molecule has 0 bridgehead atoms. The van der Waals surface area contributed by atoms with Crippen molar-refractivity contribution >= 4 is 39.6 Å². The second-order valence-corrected chi connectivity index (χ2v) is 12.0. The summed E-state index contributed by atoms with van der Waals surface area (Å²) in [6.45, 7) is 6.68. The Bertz CT molecular complexity index is 2130. The highest BCUT2D eigenvalue weighted by atomic mass is 35.5. The molecular weight excluding hydrogens is 524 g/mol. The van der Waals surface area contributed by atoms with Crippen LogP contribution in [0.1, 0.15) is 43.2 Å². The van der Waals surface area contributed by atoms with Crippen LogP contribution in [0.15, 0.2) is 101 Å². The molecule has 0 saturated carbocycles. The van der Waals surface area contributed by atoms with Crippen LogP contribution >= 0.6 is 11.6 Å². The fourth-order valence-electron chi connectivity index (χ4n) is 6.68. The molecule has 0 atom stereocenters. The van der Waals surface area contributed by atoms with E-state index in [4.69, 9.17) is 26.0 Å². The van der Waals surface area contributed by atoms with Gasteiger partial charge >= 0.3 is 0 Å². The van der Waals surface area contributed by atoms with Crippen LogP contribution in [0.5, 0.6) is 0 Å². The van der Waals surface area contributed by atoms with Gasteiger partial charge in [0.1, 0.15) is 11.2 Å². The predicted octanol–water partition coefficient (Wildman–Crippen LogP) is 10.2. The van der Waals surface area contributed by atoms with Gasteiger partial charge < -0.3 is 4.42 Å². The number of para-hydroxylation sites is 1. The number of benzene rings is 4. The maximum absolute atomic E-state index is 6.62. The molecule has 2 heterocycles. The number of rotatable bonds is 2. The first-order chi connectivity index (χ1) is 19.9. The number of nitrogens with zero attached hydrogens (tertiary/aromatic N) is 2. The summed E-state index contributed by atoms with van der Waals surface area (Å²) in [7, 11) is 0. The number of hydrogen-bond acceptors (Lipinski definition) is 3. The summed E-state index contributed by atoms with van der Waals surface area (Å²) in [5.74, 6) is 0. The van der Waals surface area contributed by atoms with E-state index in [0.29, 0.717) is 0 Å². The van der Waals surface area contributed by atoms with Crippen molar-refractivity contribution in [1.29, 1.82) is 0 Å². The first-order valence-corrected chi connectivity index (χ1v) is 14.4. The second-order valence-electron chi connectivity index (χ2n) is 11.7. The SMILES string of the molecule is CC1=CC=Cc2cccc(-c3ccc4c(c3)C(C)(C)c3nc(Cl)nc(-c5ccc6oc7ccccc7c6c5)c3-4)c2C1. The molecule has 0 radical (unpaired) electrons. The van der Waals surface area contributed by atoms with E-state index in [1.54, 1.807) is 0 Å². The molecule has 0 unspecified atom stereocenters. The van der Waals surface area contributed by atoms with Gasteiger partial charge in [0.2, 0.25) is 5.28 Å². The van der Waals surface area contributed by atoms with Gasteiger partial charge in [-0.25, -0.2) is 9.97 Å². The number of furan rings is 1. The predicted molar refractivity (Wildman–Crippen MR) is 169 cm³/mol. The molecule has 0 spiro atoms. The van der Waals surface area contributed by atoms with E-state index < -0.39 is 0 Å². The molecule has 2 aliphatic carbocycles. The quantitative estimate of drug-likeness (QED) is 0.201. The topological polar surface area (TPSA) is 38.9 Å². The van der Waals surface area contributed by atoms with E-state index in [2.05, 4.69) is 93.6 Å². The number of halogens is 1. The van der Waals surface area contributed by atoms with Gasteiger partial charge in [-0.05, 0) is 88.7 Å². The van der Waals surface area contributed by atoms with E-state index in [1.807, 2.05) is 24.3 Å². The van der Waals surface area contributed by atoms with E-state index >= 15 is 0 Å². The summed E-state index contributed by atoms with van der Waals surface area (Å²) in [4.78, 5) is 9.64. The van der Waals surface area contributed by atoms with Crippen LogP contribution in [0.25, 0.3) is 61.5 Å². The van der Waals surface area contributed by atoms with Crippen LogP contribution < -0.4 is 0 Å². The Balaban J connectivity index is 1.32. The highest BCUT2D eigenvalue weighted by Gasteiger charge is 2.40. The minimum atomic E-state index is -0.337. The van der Waals surface area contributed by atoms with Gasteiger partial charge in [-0.3, -0.25) is 0 Å². The maximum Gasteiger partial charge on any atom is 0.223 e. The van der Waals surface area contributed by atoms with Gasteiger partial charge in [-0.2, -0.15) is 0 Å². The van der Waals surface area contributed by atoms with Crippen molar-refractivity contribution in [2.75, 3.05) is 0 Å². The summed E-state index contributed by atoms with van der Waals surface area (Å²) < 4.78 is 6.09. The third-order valence-electron chi connectivity index (χ3n) is 8.72. The van der Waals surface area contributed by atoms with Crippen LogP contribution in [0.2, 0.25) is 5.28 Å². The van der Waals surface area contributed by atoms with Crippen molar-refractivity contribution in [2.24, 2.45) is 0 Å². The van der Waals surface area contributed by atoms with Crippen molar-refractivity contribution in [2.45, 2.75) is 32.6 Å². The van der Waals surface area contributed by atoms with E-state index in [1.165, 1.54) is 33.4 Å². The minimum absolute atomic E-state index is 0.263. The van der Waals surface area contributed by atoms with Crippen LogP contribution in [0.3, 0.4) is 0 Å². The maximum atomic E-state index is 6.62. The molecule has 6 aromatic rings. The third kappa shape index (κ3) is 3.66. The zero-order valence-electron chi connectivity index (χ0n) is 23.1. The van der Waals surface area contributed by atoms with Gasteiger partial charge in [0.05, 0.1) is 11.4 Å². The Morgan fingerprint density at radius 3 is 2.54 bits per heavy atom. The molecule has 198 valence electrons. The first-order valence-electron chi connectivity index (χ1n) is 14.0. The molecule has 0 fully saturated rings. The lowest BCUT2D eigenvalue weighted by molar-refractivity contribution is 0.635. The molecule has 2 aromatic heterocycles.